The van der Waals surface area contributed by atoms with E-state index in [-0.39, 0.29) is 0 Å². The fourth-order valence-corrected chi connectivity index (χ4v) is 2.85. The minimum absolute atomic E-state index is 0.308. The van der Waals surface area contributed by atoms with Crippen molar-refractivity contribution in [2.45, 2.75) is 25.5 Å². The van der Waals surface area contributed by atoms with Crippen LogP contribution < -0.4 is 10.6 Å². The summed E-state index contributed by atoms with van der Waals surface area (Å²) in [4.78, 5) is 0. The average molecular weight is 300 g/mol. The molecule has 4 heteroatoms. The highest BCUT2D eigenvalue weighted by Gasteiger charge is 2.15. The molecule has 1 aliphatic rings. The highest BCUT2D eigenvalue weighted by Crippen LogP contribution is 2.18. The van der Waals surface area contributed by atoms with Crippen LogP contribution in [0.15, 0.2) is 42.5 Å². The van der Waals surface area contributed by atoms with Crippen molar-refractivity contribution in [1.29, 1.82) is 0 Å². The Bertz CT molecular complexity index is 618. The highest BCUT2D eigenvalue weighted by atomic mass is 32.1. The second kappa shape index (κ2) is 6.87. The predicted octanol–water partition coefficient (Wildman–Crippen LogP) is 2.98. The van der Waals surface area contributed by atoms with Gasteiger partial charge in [0.15, 0.2) is 5.11 Å². The summed E-state index contributed by atoms with van der Waals surface area (Å²) in [5, 5.41) is 9.74. The Morgan fingerprint density at radius 3 is 2.86 bits per heavy atom. The van der Waals surface area contributed by atoms with E-state index in [1.54, 1.807) is 0 Å². The first-order chi connectivity index (χ1) is 10.3. The first kappa shape index (κ1) is 14.3. The number of ether oxygens (including phenoxy) is 1. The minimum atomic E-state index is 0.308. The Morgan fingerprint density at radius 1 is 1.14 bits per heavy atom. The lowest BCUT2D eigenvalue weighted by Crippen LogP contribution is -2.39. The van der Waals surface area contributed by atoms with Gasteiger partial charge in [-0.05, 0) is 41.4 Å². The van der Waals surface area contributed by atoms with Crippen LogP contribution in [0.2, 0.25) is 0 Å². The standard InChI is InChI=1S/C17H20N2OS/c21-17(19-12-15-8-4-10-20-15)18-11-14-7-3-6-13-5-1-2-9-16(13)14/h1-3,5-7,9,15H,4,8,10-12H2,(H2,18,19,21)/t15-/m1/s1. The molecule has 0 aliphatic carbocycles. The predicted molar refractivity (Wildman–Crippen MR) is 90.4 cm³/mol. The molecule has 1 heterocycles. The highest BCUT2D eigenvalue weighted by molar-refractivity contribution is 7.80. The van der Waals surface area contributed by atoms with Crippen LogP contribution in [-0.2, 0) is 11.3 Å². The zero-order valence-electron chi connectivity index (χ0n) is 12.0. The molecular weight excluding hydrogens is 280 g/mol. The third kappa shape index (κ3) is 3.71. The van der Waals surface area contributed by atoms with Crippen molar-refractivity contribution >= 4 is 28.1 Å². The van der Waals surface area contributed by atoms with Crippen molar-refractivity contribution in [3.8, 4) is 0 Å². The van der Waals surface area contributed by atoms with Gasteiger partial charge in [-0.2, -0.15) is 0 Å². The van der Waals surface area contributed by atoms with E-state index in [1.165, 1.54) is 16.3 Å². The summed E-state index contributed by atoms with van der Waals surface area (Å²) in [5.41, 5.74) is 1.26. The number of hydrogen-bond donors (Lipinski definition) is 2. The minimum Gasteiger partial charge on any atom is -0.376 e. The van der Waals surface area contributed by atoms with Crippen LogP contribution in [0, 0.1) is 0 Å². The molecule has 0 bridgehead atoms. The van der Waals surface area contributed by atoms with Crippen molar-refractivity contribution in [3.05, 3.63) is 48.0 Å². The number of nitrogens with one attached hydrogen (secondary N) is 2. The normalized spacial score (nSPS) is 17.8. The molecule has 2 N–H and O–H groups in total. The van der Waals surface area contributed by atoms with E-state index in [0.717, 1.165) is 32.5 Å². The average Bonchev–Trinajstić information content (AvgIpc) is 3.04. The number of rotatable bonds is 4. The summed E-state index contributed by atoms with van der Waals surface area (Å²) in [6, 6.07) is 14.8. The molecule has 0 spiro atoms. The lowest BCUT2D eigenvalue weighted by Gasteiger charge is -2.14. The lowest BCUT2D eigenvalue weighted by molar-refractivity contribution is 0.114. The van der Waals surface area contributed by atoms with Gasteiger partial charge in [0.05, 0.1) is 6.10 Å². The summed E-state index contributed by atoms with van der Waals surface area (Å²) in [5.74, 6) is 0. The first-order valence-corrected chi connectivity index (χ1v) is 7.84. The molecule has 1 atom stereocenters. The van der Waals surface area contributed by atoms with Crippen molar-refractivity contribution in [2.24, 2.45) is 0 Å². The van der Waals surface area contributed by atoms with E-state index in [4.69, 9.17) is 17.0 Å². The van der Waals surface area contributed by atoms with E-state index in [2.05, 4.69) is 53.1 Å². The van der Waals surface area contributed by atoms with Crippen molar-refractivity contribution < 1.29 is 4.74 Å². The molecule has 2 aromatic rings. The monoisotopic (exact) mass is 300 g/mol. The topological polar surface area (TPSA) is 33.3 Å². The van der Waals surface area contributed by atoms with Gasteiger partial charge < -0.3 is 15.4 Å². The molecule has 1 fully saturated rings. The summed E-state index contributed by atoms with van der Waals surface area (Å²) in [7, 11) is 0. The number of thiocarbonyl (C=S) groups is 1. The second-order valence-electron chi connectivity index (χ2n) is 5.34. The van der Waals surface area contributed by atoms with Gasteiger partial charge in [0.1, 0.15) is 0 Å². The van der Waals surface area contributed by atoms with Crippen LogP contribution in [-0.4, -0.2) is 24.4 Å². The number of benzene rings is 2. The summed E-state index contributed by atoms with van der Waals surface area (Å²) < 4.78 is 5.57. The fourth-order valence-electron chi connectivity index (χ4n) is 2.70. The van der Waals surface area contributed by atoms with Gasteiger partial charge in [-0.1, -0.05) is 42.5 Å². The van der Waals surface area contributed by atoms with E-state index in [0.29, 0.717) is 11.2 Å². The van der Waals surface area contributed by atoms with Crippen LogP contribution in [0.5, 0.6) is 0 Å². The molecule has 0 unspecified atom stereocenters. The zero-order chi connectivity index (χ0) is 14.5. The van der Waals surface area contributed by atoms with Gasteiger partial charge in [-0.15, -0.1) is 0 Å². The Labute approximate surface area is 130 Å². The largest absolute Gasteiger partial charge is 0.376 e. The maximum Gasteiger partial charge on any atom is 0.166 e. The van der Waals surface area contributed by atoms with E-state index >= 15 is 0 Å². The van der Waals surface area contributed by atoms with Crippen molar-refractivity contribution in [1.82, 2.24) is 10.6 Å². The molecule has 21 heavy (non-hydrogen) atoms. The Morgan fingerprint density at radius 2 is 2.00 bits per heavy atom. The molecule has 0 saturated carbocycles. The molecule has 1 aliphatic heterocycles. The Balaban J connectivity index is 1.54. The second-order valence-corrected chi connectivity index (χ2v) is 5.75. The van der Waals surface area contributed by atoms with Gasteiger partial charge in [-0.25, -0.2) is 0 Å². The number of fused-ring (bicyclic) bond motifs is 1. The quantitative estimate of drug-likeness (QED) is 0.851. The molecule has 0 amide bonds. The van der Waals surface area contributed by atoms with Gasteiger partial charge >= 0.3 is 0 Å². The summed E-state index contributed by atoms with van der Waals surface area (Å²) in [6.07, 6.45) is 2.59. The van der Waals surface area contributed by atoms with E-state index in [9.17, 15) is 0 Å². The molecule has 1 saturated heterocycles. The zero-order valence-corrected chi connectivity index (χ0v) is 12.8. The summed E-state index contributed by atoms with van der Waals surface area (Å²) in [6.45, 7) is 2.41. The maximum absolute atomic E-state index is 5.57. The molecular formula is C17H20N2OS. The molecule has 3 nitrogen and oxygen atoms in total. The van der Waals surface area contributed by atoms with Gasteiger partial charge in [-0.3, -0.25) is 0 Å². The van der Waals surface area contributed by atoms with Crippen LogP contribution in [0.25, 0.3) is 10.8 Å². The van der Waals surface area contributed by atoms with E-state index < -0.39 is 0 Å². The van der Waals surface area contributed by atoms with E-state index in [1.807, 2.05) is 0 Å². The van der Waals surface area contributed by atoms with Gasteiger partial charge in [0, 0.05) is 19.7 Å². The van der Waals surface area contributed by atoms with Crippen LogP contribution in [0.3, 0.4) is 0 Å². The Hall–Kier alpha value is -1.65. The molecule has 0 aromatic heterocycles. The summed E-state index contributed by atoms with van der Waals surface area (Å²) >= 11 is 5.33. The molecule has 110 valence electrons. The molecule has 3 rings (SSSR count). The molecule has 2 aromatic carbocycles. The molecule has 0 radical (unpaired) electrons. The SMILES string of the molecule is S=C(NCc1cccc2ccccc12)NC[C@H]1CCCO1. The Kier molecular flexibility index (Phi) is 4.68. The fraction of sp³-hybridized carbons (Fsp3) is 0.353. The maximum atomic E-state index is 5.57. The number of hydrogen-bond acceptors (Lipinski definition) is 2. The third-order valence-electron chi connectivity index (χ3n) is 3.83. The third-order valence-corrected chi connectivity index (χ3v) is 4.12. The van der Waals surface area contributed by atoms with Crippen molar-refractivity contribution in [2.75, 3.05) is 13.2 Å². The van der Waals surface area contributed by atoms with Gasteiger partial charge in [0.2, 0.25) is 0 Å². The smallest absolute Gasteiger partial charge is 0.166 e. The lowest BCUT2D eigenvalue weighted by atomic mass is 10.0. The van der Waals surface area contributed by atoms with Crippen molar-refractivity contribution in [3.63, 3.8) is 0 Å². The first-order valence-electron chi connectivity index (χ1n) is 7.43. The van der Waals surface area contributed by atoms with Gasteiger partial charge in [0.25, 0.3) is 0 Å². The van der Waals surface area contributed by atoms with Crippen LogP contribution >= 0.6 is 12.2 Å². The van der Waals surface area contributed by atoms with Crippen LogP contribution in [0.1, 0.15) is 18.4 Å². The van der Waals surface area contributed by atoms with Crippen LogP contribution in [0.4, 0.5) is 0 Å².